The molecule has 0 bridgehead atoms. The predicted molar refractivity (Wildman–Crippen MR) is 255 cm³/mol. The summed E-state index contributed by atoms with van der Waals surface area (Å²) in [4.78, 5) is 26.1. The van der Waals surface area contributed by atoms with Gasteiger partial charge < -0.3 is 20.3 Å². The maximum Gasteiger partial charge on any atom is 0.306 e. The van der Waals surface area contributed by atoms with Gasteiger partial charge in [0.1, 0.15) is 6.10 Å². The fourth-order valence-electron chi connectivity index (χ4n) is 7.37. The first kappa shape index (κ1) is 56.6. The molecule has 0 aliphatic carbocycles. The summed E-state index contributed by atoms with van der Waals surface area (Å²) < 4.78 is 5.89. The fourth-order valence-corrected chi connectivity index (χ4v) is 7.37. The molecule has 6 heteroatoms. The number of allylic oxidation sites excluding steroid dienone is 10. The predicted octanol–water partition coefficient (Wildman–Crippen LogP) is 14.8. The number of aliphatic hydroxyl groups is 2. The highest BCUT2D eigenvalue weighted by atomic mass is 16.5. The molecule has 0 saturated heterocycles. The van der Waals surface area contributed by atoms with E-state index in [1.165, 1.54) is 109 Å². The molecule has 3 N–H and O–H groups in total. The number of ether oxygens (including phenoxy) is 1. The number of hydrogen-bond donors (Lipinski definition) is 3. The van der Waals surface area contributed by atoms with Crippen LogP contribution >= 0.6 is 0 Å². The quantitative estimate of drug-likeness (QED) is 0.0323. The molecule has 0 aromatic heterocycles. The Morgan fingerprint density at radius 1 is 0.508 bits per heavy atom. The monoisotopic (exact) mass is 826 g/mol. The van der Waals surface area contributed by atoms with E-state index in [1.54, 1.807) is 0 Å². The van der Waals surface area contributed by atoms with E-state index in [0.29, 0.717) is 19.3 Å². The van der Waals surface area contributed by atoms with Crippen molar-refractivity contribution in [3.8, 4) is 0 Å². The lowest BCUT2D eigenvalue weighted by Gasteiger charge is -2.24. The molecular formula is C53H95NO5. The molecule has 1 amide bonds. The molecule has 0 aromatic carbocycles. The molecule has 0 fully saturated rings. The third kappa shape index (κ3) is 42.1. The van der Waals surface area contributed by atoms with Crippen LogP contribution in [-0.2, 0) is 14.3 Å². The van der Waals surface area contributed by atoms with Crippen LogP contribution in [0.5, 0.6) is 0 Å². The lowest BCUT2D eigenvalue weighted by molar-refractivity contribution is -0.151. The molecule has 0 rings (SSSR count). The summed E-state index contributed by atoms with van der Waals surface area (Å²) in [6.07, 6.45) is 57.1. The van der Waals surface area contributed by atoms with Crippen molar-refractivity contribution < 1.29 is 24.5 Å². The minimum absolute atomic E-state index is 0.0351. The number of amides is 1. The van der Waals surface area contributed by atoms with Crippen LogP contribution in [0.15, 0.2) is 60.8 Å². The normalized spacial score (nSPS) is 13.8. The van der Waals surface area contributed by atoms with Crippen molar-refractivity contribution in [3.05, 3.63) is 60.8 Å². The van der Waals surface area contributed by atoms with Gasteiger partial charge in [0, 0.05) is 6.42 Å². The highest BCUT2D eigenvalue weighted by Gasteiger charge is 2.24. The van der Waals surface area contributed by atoms with E-state index >= 15 is 0 Å². The first-order chi connectivity index (χ1) is 29.0. The summed E-state index contributed by atoms with van der Waals surface area (Å²) in [7, 11) is 0. The Balaban J connectivity index is 4.68. The molecule has 0 heterocycles. The Morgan fingerprint density at radius 3 is 1.42 bits per heavy atom. The van der Waals surface area contributed by atoms with Gasteiger partial charge in [-0.25, -0.2) is 0 Å². The number of hydrogen-bond acceptors (Lipinski definition) is 5. The van der Waals surface area contributed by atoms with Gasteiger partial charge in [0.2, 0.25) is 5.91 Å². The van der Waals surface area contributed by atoms with Crippen LogP contribution in [0.3, 0.4) is 0 Å². The SMILES string of the molecule is CC/C=C/C=C/C=C\CCCCCCCC(=O)OC(CCC/C=C/C=C/CCCCCCCCC)CC(=O)NC(CO)C(O)CCCCCCCCCCCCCCC. The van der Waals surface area contributed by atoms with Gasteiger partial charge >= 0.3 is 5.97 Å². The van der Waals surface area contributed by atoms with Crippen LogP contribution < -0.4 is 5.32 Å². The van der Waals surface area contributed by atoms with Crippen LogP contribution in [-0.4, -0.2) is 46.9 Å². The molecule has 0 radical (unpaired) electrons. The van der Waals surface area contributed by atoms with Gasteiger partial charge in [-0.05, 0) is 64.2 Å². The molecular weight excluding hydrogens is 731 g/mol. The number of rotatable bonds is 44. The van der Waals surface area contributed by atoms with Crippen LogP contribution in [0, 0.1) is 0 Å². The molecule has 6 nitrogen and oxygen atoms in total. The van der Waals surface area contributed by atoms with Crippen LogP contribution in [0.25, 0.3) is 0 Å². The molecule has 59 heavy (non-hydrogen) atoms. The summed E-state index contributed by atoms with van der Waals surface area (Å²) in [6, 6.07) is -0.720. The Bertz CT molecular complexity index is 1060. The highest BCUT2D eigenvalue weighted by Crippen LogP contribution is 2.17. The summed E-state index contributed by atoms with van der Waals surface area (Å²) in [5.41, 5.74) is 0. The summed E-state index contributed by atoms with van der Waals surface area (Å²) >= 11 is 0. The second-order valence-corrected chi connectivity index (χ2v) is 16.9. The first-order valence-electron chi connectivity index (χ1n) is 25.1. The van der Waals surface area contributed by atoms with E-state index in [0.717, 1.165) is 83.5 Å². The number of esters is 1. The summed E-state index contributed by atoms with van der Waals surface area (Å²) in [6.45, 7) is 6.32. The minimum Gasteiger partial charge on any atom is -0.462 e. The largest absolute Gasteiger partial charge is 0.462 e. The lowest BCUT2D eigenvalue weighted by Crippen LogP contribution is -2.46. The van der Waals surface area contributed by atoms with E-state index in [1.807, 2.05) is 0 Å². The minimum atomic E-state index is -0.803. The molecule has 3 atom stereocenters. The Kier molecular flexibility index (Phi) is 44.7. The second kappa shape index (κ2) is 46.6. The number of nitrogens with one attached hydrogen (secondary N) is 1. The molecule has 0 aromatic rings. The van der Waals surface area contributed by atoms with E-state index in [2.05, 4.69) is 86.8 Å². The summed E-state index contributed by atoms with van der Waals surface area (Å²) in [5.74, 6) is -0.545. The van der Waals surface area contributed by atoms with Crippen molar-refractivity contribution >= 4 is 11.9 Å². The number of carbonyl (C=O) groups is 2. The Morgan fingerprint density at radius 2 is 0.932 bits per heavy atom. The first-order valence-corrected chi connectivity index (χ1v) is 25.1. The highest BCUT2D eigenvalue weighted by molar-refractivity contribution is 5.77. The van der Waals surface area contributed by atoms with E-state index in [-0.39, 0.29) is 24.9 Å². The Hall–Kier alpha value is -2.44. The number of unbranched alkanes of at least 4 members (excludes halogenated alkanes) is 25. The van der Waals surface area contributed by atoms with Crippen molar-refractivity contribution in [3.63, 3.8) is 0 Å². The molecule has 0 aliphatic heterocycles. The van der Waals surface area contributed by atoms with E-state index in [9.17, 15) is 19.8 Å². The van der Waals surface area contributed by atoms with Crippen LogP contribution in [0.1, 0.15) is 239 Å². The molecule has 3 unspecified atom stereocenters. The van der Waals surface area contributed by atoms with Crippen molar-refractivity contribution in [2.75, 3.05) is 6.61 Å². The third-order valence-electron chi connectivity index (χ3n) is 11.2. The second-order valence-electron chi connectivity index (χ2n) is 16.9. The summed E-state index contributed by atoms with van der Waals surface area (Å²) in [5, 5.41) is 23.7. The van der Waals surface area contributed by atoms with Gasteiger partial charge in [-0.1, -0.05) is 223 Å². The topological polar surface area (TPSA) is 95.9 Å². The Labute approximate surface area is 365 Å². The maximum absolute atomic E-state index is 13.2. The van der Waals surface area contributed by atoms with Crippen molar-refractivity contribution in [1.82, 2.24) is 5.32 Å². The van der Waals surface area contributed by atoms with Crippen molar-refractivity contribution in [1.29, 1.82) is 0 Å². The van der Waals surface area contributed by atoms with Gasteiger partial charge in [0.05, 0.1) is 25.2 Å². The standard InChI is InChI=1S/C53H95NO5/c1-4-7-10-13-16-19-22-25-28-29-32-35-38-41-44-49(59-53(58)46-43-40-37-34-31-27-24-21-18-15-12-9-6-3)47-52(57)54-50(48-55)51(56)45-42-39-36-33-30-26-23-20-17-14-11-8-5-2/h9,12,15,18,21,24,28-29,32,35,49-51,55-56H,4-8,10-11,13-14,16-17,19-20,22-23,25-27,30-31,33-34,36-48H2,1-3H3,(H,54,57)/b12-9+,18-15+,24-21-,29-28+,35-32+. The zero-order valence-electron chi connectivity index (χ0n) is 38.9. The molecule has 0 aliphatic rings. The average molecular weight is 826 g/mol. The molecule has 342 valence electrons. The average Bonchev–Trinajstić information content (AvgIpc) is 3.23. The van der Waals surface area contributed by atoms with Gasteiger partial charge in [-0.15, -0.1) is 0 Å². The molecule has 0 saturated carbocycles. The fraction of sp³-hybridized carbons (Fsp3) is 0.774. The molecule has 0 spiro atoms. The van der Waals surface area contributed by atoms with Crippen molar-refractivity contribution in [2.24, 2.45) is 0 Å². The number of carbonyl (C=O) groups excluding carboxylic acids is 2. The smallest absolute Gasteiger partial charge is 0.306 e. The maximum atomic E-state index is 13.2. The van der Waals surface area contributed by atoms with E-state index < -0.39 is 18.2 Å². The third-order valence-corrected chi connectivity index (χ3v) is 11.2. The van der Waals surface area contributed by atoms with Crippen LogP contribution in [0.4, 0.5) is 0 Å². The van der Waals surface area contributed by atoms with Crippen molar-refractivity contribution in [2.45, 2.75) is 257 Å². The lowest BCUT2D eigenvalue weighted by atomic mass is 10.0. The van der Waals surface area contributed by atoms with E-state index in [4.69, 9.17) is 4.74 Å². The van der Waals surface area contributed by atoms with Gasteiger partial charge in [-0.2, -0.15) is 0 Å². The zero-order chi connectivity index (χ0) is 43.1. The van der Waals surface area contributed by atoms with Crippen LogP contribution in [0.2, 0.25) is 0 Å². The van der Waals surface area contributed by atoms with Gasteiger partial charge in [-0.3, -0.25) is 9.59 Å². The van der Waals surface area contributed by atoms with Gasteiger partial charge in [0.15, 0.2) is 0 Å². The number of aliphatic hydroxyl groups excluding tert-OH is 2. The van der Waals surface area contributed by atoms with Gasteiger partial charge in [0.25, 0.3) is 0 Å². The zero-order valence-corrected chi connectivity index (χ0v) is 38.9.